The predicted molar refractivity (Wildman–Crippen MR) is 65.9 cm³/mol. The van der Waals surface area contributed by atoms with E-state index in [4.69, 9.17) is 0 Å². The maximum atomic E-state index is 2.83. The van der Waals surface area contributed by atoms with Gasteiger partial charge in [-0.05, 0) is 50.0 Å². The van der Waals surface area contributed by atoms with Gasteiger partial charge in [-0.2, -0.15) is 0 Å². The minimum absolute atomic E-state index is 0.589. The Kier molecular flexibility index (Phi) is 3.12. The van der Waals surface area contributed by atoms with Crippen LogP contribution < -0.4 is 0 Å². The molecular formula is C14H27N. The van der Waals surface area contributed by atoms with Crippen molar-refractivity contribution in [2.45, 2.75) is 58.9 Å². The third-order valence-corrected chi connectivity index (χ3v) is 5.09. The second-order valence-electron chi connectivity index (χ2n) is 6.35. The monoisotopic (exact) mass is 209 g/mol. The molecule has 0 spiro atoms. The van der Waals surface area contributed by atoms with E-state index in [0.29, 0.717) is 5.54 Å². The zero-order valence-electron chi connectivity index (χ0n) is 10.9. The molecule has 0 amide bonds. The molecule has 0 bridgehead atoms. The first-order chi connectivity index (χ1) is 7.06. The Morgan fingerprint density at radius 3 is 2.47 bits per heavy atom. The Morgan fingerprint density at radius 1 is 1.13 bits per heavy atom. The molecule has 1 nitrogen and oxygen atoms in total. The van der Waals surface area contributed by atoms with Crippen molar-refractivity contribution in [1.82, 2.24) is 4.90 Å². The number of hydrogen-bond donors (Lipinski definition) is 0. The van der Waals surface area contributed by atoms with Crippen LogP contribution in [0.1, 0.15) is 53.4 Å². The Labute approximate surface area is 95.2 Å². The molecule has 2 heterocycles. The molecule has 0 aromatic carbocycles. The first-order valence-corrected chi connectivity index (χ1v) is 6.81. The molecule has 2 atom stereocenters. The summed E-state index contributed by atoms with van der Waals surface area (Å²) >= 11 is 0. The Bertz CT molecular complexity index is 221. The van der Waals surface area contributed by atoms with Crippen molar-refractivity contribution in [1.29, 1.82) is 0 Å². The van der Waals surface area contributed by atoms with Crippen LogP contribution in [-0.2, 0) is 0 Å². The summed E-state index contributed by atoms with van der Waals surface area (Å²) in [6.45, 7) is 12.4. The smallest absolute Gasteiger partial charge is 0.0233 e. The topological polar surface area (TPSA) is 3.24 Å². The fraction of sp³-hybridized carbons (Fsp3) is 1.00. The van der Waals surface area contributed by atoms with Gasteiger partial charge in [-0.3, -0.25) is 4.90 Å². The summed E-state index contributed by atoms with van der Waals surface area (Å²) < 4.78 is 0. The lowest BCUT2D eigenvalue weighted by atomic mass is 9.73. The lowest BCUT2D eigenvalue weighted by molar-refractivity contribution is 0.00940. The third kappa shape index (κ3) is 1.84. The minimum atomic E-state index is 0.589. The van der Waals surface area contributed by atoms with Crippen LogP contribution in [0.4, 0.5) is 0 Å². The summed E-state index contributed by atoms with van der Waals surface area (Å²) in [5, 5.41) is 0. The molecule has 1 heteroatoms. The van der Waals surface area contributed by atoms with Gasteiger partial charge >= 0.3 is 0 Å². The zero-order valence-corrected chi connectivity index (χ0v) is 10.9. The van der Waals surface area contributed by atoms with Gasteiger partial charge < -0.3 is 0 Å². The summed E-state index contributed by atoms with van der Waals surface area (Å²) in [5.74, 6) is 2.67. The lowest BCUT2D eigenvalue weighted by Crippen LogP contribution is -2.54. The molecule has 0 aliphatic carbocycles. The van der Waals surface area contributed by atoms with Gasteiger partial charge in [0.1, 0.15) is 0 Å². The van der Waals surface area contributed by atoms with E-state index >= 15 is 0 Å². The predicted octanol–water partition coefficient (Wildman–Crippen LogP) is 3.54. The van der Waals surface area contributed by atoms with Crippen LogP contribution in [0.3, 0.4) is 0 Å². The second-order valence-corrected chi connectivity index (χ2v) is 6.35. The number of piperidine rings is 1. The number of hydrogen-bond acceptors (Lipinski definition) is 1. The van der Waals surface area contributed by atoms with Crippen molar-refractivity contribution < 1.29 is 0 Å². The molecule has 2 aliphatic heterocycles. The largest absolute Gasteiger partial charge is 0.297 e. The molecule has 2 aliphatic rings. The van der Waals surface area contributed by atoms with Gasteiger partial charge in [-0.25, -0.2) is 0 Å². The van der Waals surface area contributed by atoms with Gasteiger partial charge in [0.2, 0.25) is 0 Å². The highest BCUT2D eigenvalue weighted by atomic mass is 15.2. The molecule has 2 saturated heterocycles. The number of fused-ring (bicyclic) bond motifs is 1. The Morgan fingerprint density at radius 2 is 1.87 bits per heavy atom. The van der Waals surface area contributed by atoms with Gasteiger partial charge in [0.05, 0.1) is 0 Å². The maximum absolute atomic E-state index is 2.83. The van der Waals surface area contributed by atoms with E-state index in [-0.39, 0.29) is 0 Å². The summed E-state index contributed by atoms with van der Waals surface area (Å²) in [7, 11) is 0. The van der Waals surface area contributed by atoms with E-state index in [0.717, 1.165) is 17.8 Å². The molecule has 0 saturated carbocycles. The highest BCUT2D eigenvalue weighted by Crippen LogP contribution is 2.45. The Balaban J connectivity index is 2.10. The normalized spacial score (nSPS) is 37.6. The fourth-order valence-corrected chi connectivity index (χ4v) is 3.81. The number of rotatable bonds is 2. The summed E-state index contributed by atoms with van der Waals surface area (Å²) in [6, 6.07) is 0. The van der Waals surface area contributed by atoms with Gasteiger partial charge in [0, 0.05) is 12.1 Å². The van der Waals surface area contributed by atoms with E-state index < -0.39 is 0 Å². The third-order valence-electron chi connectivity index (χ3n) is 5.09. The summed E-state index contributed by atoms with van der Waals surface area (Å²) in [4.78, 5) is 2.83. The molecular weight excluding hydrogens is 182 g/mol. The minimum Gasteiger partial charge on any atom is -0.297 e. The van der Waals surface area contributed by atoms with Gasteiger partial charge in [-0.15, -0.1) is 0 Å². The lowest BCUT2D eigenvalue weighted by Gasteiger charge is -2.49. The molecule has 15 heavy (non-hydrogen) atoms. The van der Waals surface area contributed by atoms with Crippen molar-refractivity contribution in [2.75, 3.05) is 13.1 Å². The molecule has 2 unspecified atom stereocenters. The van der Waals surface area contributed by atoms with E-state index in [1.54, 1.807) is 0 Å². The van der Waals surface area contributed by atoms with Crippen LogP contribution in [0.25, 0.3) is 0 Å². The summed E-state index contributed by atoms with van der Waals surface area (Å²) in [6.07, 6.45) is 5.80. The first kappa shape index (κ1) is 11.4. The van der Waals surface area contributed by atoms with E-state index in [9.17, 15) is 0 Å². The fourth-order valence-electron chi connectivity index (χ4n) is 3.81. The number of nitrogens with zero attached hydrogens (tertiary/aromatic N) is 1. The highest BCUT2D eigenvalue weighted by molar-refractivity contribution is 5.01. The van der Waals surface area contributed by atoms with Crippen LogP contribution in [-0.4, -0.2) is 23.5 Å². The van der Waals surface area contributed by atoms with Crippen molar-refractivity contribution in [3.8, 4) is 0 Å². The van der Waals surface area contributed by atoms with Crippen LogP contribution in [0.2, 0.25) is 0 Å². The quantitative estimate of drug-likeness (QED) is 0.672. The second kappa shape index (κ2) is 4.08. The van der Waals surface area contributed by atoms with E-state index in [1.165, 1.54) is 38.8 Å². The SMILES string of the molecule is CC(C)C1CCC2(C(C)C)CCCN2C1. The molecule has 0 N–H and O–H groups in total. The summed E-state index contributed by atoms with van der Waals surface area (Å²) in [5.41, 5.74) is 0.589. The average Bonchev–Trinajstić information content (AvgIpc) is 2.60. The van der Waals surface area contributed by atoms with Gasteiger partial charge in [0.25, 0.3) is 0 Å². The van der Waals surface area contributed by atoms with Crippen LogP contribution in [0, 0.1) is 17.8 Å². The van der Waals surface area contributed by atoms with E-state index in [2.05, 4.69) is 32.6 Å². The molecule has 0 aromatic heterocycles. The molecule has 2 rings (SSSR count). The van der Waals surface area contributed by atoms with Crippen molar-refractivity contribution >= 4 is 0 Å². The molecule has 0 aromatic rings. The molecule has 2 fully saturated rings. The average molecular weight is 209 g/mol. The van der Waals surface area contributed by atoms with E-state index in [1.807, 2.05) is 0 Å². The van der Waals surface area contributed by atoms with Crippen molar-refractivity contribution in [3.63, 3.8) is 0 Å². The van der Waals surface area contributed by atoms with Crippen LogP contribution in [0.5, 0.6) is 0 Å². The first-order valence-electron chi connectivity index (χ1n) is 6.81. The highest BCUT2D eigenvalue weighted by Gasteiger charge is 2.46. The van der Waals surface area contributed by atoms with Crippen LogP contribution in [0.15, 0.2) is 0 Å². The van der Waals surface area contributed by atoms with Crippen molar-refractivity contribution in [2.24, 2.45) is 17.8 Å². The van der Waals surface area contributed by atoms with Crippen LogP contribution >= 0.6 is 0 Å². The van der Waals surface area contributed by atoms with Crippen molar-refractivity contribution in [3.05, 3.63) is 0 Å². The molecule has 0 radical (unpaired) electrons. The zero-order chi connectivity index (χ0) is 11.1. The van der Waals surface area contributed by atoms with Gasteiger partial charge in [0.15, 0.2) is 0 Å². The van der Waals surface area contributed by atoms with Gasteiger partial charge in [-0.1, -0.05) is 27.7 Å². The standard InChI is InChI=1S/C14H27N/c1-11(2)13-6-8-14(12(3)4)7-5-9-15(14)10-13/h11-13H,5-10H2,1-4H3. The Hall–Kier alpha value is -0.0400. The molecule has 88 valence electrons. The maximum Gasteiger partial charge on any atom is 0.0233 e.